The van der Waals surface area contributed by atoms with Crippen LogP contribution in [0.1, 0.15) is 30.6 Å². The summed E-state index contributed by atoms with van der Waals surface area (Å²) < 4.78 is 0.937. The molecule has 1 aromatic rings. The highest BCUT2D eigenvalue weighted by Gasteiger charge is 2.24. The molecule has 1 heterocycles. The Morgan fingerprint density at radius 1 is 1.53 bits per heavy atom. The number of hydrogen-bond acceptors (Lipinski definition) is 2. The standard InChI is InChI=1S/C15H21BrN2O/c1-11(2)18-7-6-12(10-18)9-17-15(19)13-4-3-5-14(16)8-13/h3-5,8,11-12H,6-7,9-10H2,1-2H3,(H,17,19). The first-order valence-electron chi connectivity index (χ1n) is 6.84. The van der Waals surface area contributed by atoms with Crippen LogP contribution in [-0.4, -0.2) is 36.5 Å². The van der Waals surface area contributed by atoms with Gasteiger partial charge in [0.05, 0.1) is 0 Å². The van der Waals surface area contributed by atoms with Crippen molar-refractivity contribution in [2.75, 3.05) is 19.6 Å². The van der Waals surface area contributed by atoms with E-state index in [-0.39, 0.29) is 5.91 Å². The fourth-order valence-electron chi connectivity index (χ4n) is 2.47. The van der Waals surface area contributed by atoms with Gasteiger partial charge in [-0.05, 0) is 50.9 Å². The average molecular weight is 325 g/mol. The molecule has 104 valence electrons. The number of benzene rings is 1. The lowest BCUT2D eigenvalue weighted by Crippen LogP contribution is -2.32. The molecule has 1 aliphatic heterocycles. The maximum atomic E-state index is 12.0. The first-order chi connectivity index (χ1) is 9.06. The molecule has 4 heteroatoms. The Bertz CT molecular complexity index is 448. The summed E-state index contributed by atoms with van der Waals surface area (Å²) in [5, 5.41) is 3.04. The van der Waals surface area contributed by atoms with Crippen molar-refractivity contribution in [2.24, 2.45) is 5.92 Å². The fraction of sp³-hybridized carbons (Fsp3) is 0.533. The van der Waals surface area contributed by atoms with Crippen LogP contribution in [0.5, 0.6) is 0 Å². The lowest BCUT2D eigenvalue weighted by Gasteiger charge is -2.20. The Hall–Kier alpha value is -0.870. The van der Waals surface area contributed by atoms with E-state index in [1.165, 1.54) is 6.42 Å². The van der Waals surface area contributed by atoms with Crippen LogP contribution >= 0.6 is 15.9 Å². The third-order valence-electron chi connectivity index (χ3n) is 3.69. The molecule has 2 rings (SSSR count). The molecule has 0 radical (unpaired) electrons. The second-order valence-electron chi connectivity index (χ2n) is 5.46. The number of hydrogen-bond donors (Lipinski definition) is 1. The molecule has 1 amide bonds. The molecule has 1 fully saturated rings. The van der Waals surface area contributed by atoms with Gasteiger partial charge >= 0.3 is 0 Å². The SMILES string of the molecule is CC(C)N1CCC(CNC(=O)c2cccc(Br)c2)C1. The van der Waals surface area contributed by atoms with Crippen molar-refractivity contribution in [3.8, 4) is 0 Å². The number of nitrogens with one attached hydrogen (secondary N) is 1. The largest absolute Gasteiger partial charge is 0.352 e. The van der Waals surface area contributed by atoms with E-state index < -0.39 is 0 Å². The highest BCUT2D eigenvalue weighted by atomic mass is 79.9. The molecule has 1 aliphatic rings. The van der Waals surface area contributed by atoms with Gasteiger partial charge in [0.15, 0.2) is 0 Å². The third-order valence-corrected chi connectivity index (χ3v) is 4.18. The van der Waals surface area contributed by atoms with Crippen LogP contribution in [-0.2, 0) is 0 Å². The van der Waals surface area contributed by atoms with Crippen LogP contribution in [0.15, 0.2) is 28.7 Å². The van der Waals surface area contributed by atoms with Crippen molar-refractivity contribution in [1.82, 2.24) is 10.2 Å². The fourth-order valence-corrected chi connectivity index (χ4v) is 2.87. The van der Waals surface area contributed by atoms with Crippen LogP contribution in [0, 0.1) is 5.92 Å². The van der Waals surface area contributed by atoms with Crippen molar-refractivity contribution in [2.45, 2.75) is 26.3 Å². The van der Waals surface area contributed by atoms with E-state index in [0.29, 0.717) is 17.5 Å². The van der Waals surface area contributed by atoms with Crippen molar-refractivity contribution in [1.29, 1.82) is 0 Å². The smallest absolute Gasteiger partial charge is 0.251 e. The highest BCUT2D eigenvalue weighted by molar-refractivity contribution is 9.10. The highest BCUT2D eigenvalue weighted by Crippen LogP contribution is 2.18. The Morgan fingerprint density at radius 2 is 2.32 bits per heavy atom. The van der Waals surface area contributed by atoms with E-state index >= 15 is 0 Å². The zero-order chi connectivity index (χ0) is 13.8. The molecule has 1 atom stereocenters. The number of carbonyl (C=O) groups is 1. The molecule has 0 aromatic heterocycles. The normalized spacial score (nSPS) is 19.9. The second-order valence-corrected chi connectivity index (χ2v) is 6.38. The van der Waals surface area contributed by atoms with Gasteiger partial charge in [0, 0.05) is 29.2 Å². The Kier molecular flexibility index (Phi) is 4.99. The van der Waals surface area contributed by atoms with Gasteiger partial charge in [-0.25, -0.2) is 0 Å². The van der Waals surface area contributed by atoms with Crippen molar-refractivity contribution >= 4 is 21.8 Å². The van der Waals surface area contributed by atoms with Gasteiger partial charge < -0.3 is 10.2 Å². The molecule has 1 saturated heterocycles. The molecule has 1 N–H and O–H groups in total. The maximum Gasteiger partial charge on any atom is 0.251 e. The first kappa shape index (κ1) is 14.5. The van der Waals surface area contributed by atoms with Crippen LogP contribution in [0.2, 0.25) is 0 Å². The molecular formula is C15H21BrN2O. The minimum atomic E-state index is 0.0179. The molecule has 0 aliphatic carbocycles. The summed E-state index contributed by atoms with van der Waals surface area (Å²) >= 11 is 3.38. The Balaban J connectivity index is 1.82. The number of amides is 1. The lowest BCUT2D eigenvalue weighted by molar-refractivity contribution is 0.0947. The van der Waals surface area contributed by atoms with Crippen LogP contribution in [0.3, 0.4) is 0 Å². The van der Waals surface area contributed by atoms with Gasteiger partial charge in [-0.15, -0.1) is 0 Å². The zero-order valence-corrected chi connectivity index (χ0v) is 13.1. The minimum Gasteiger partial charge on any atom is -0.352 e. The molecule has 0 bridgehead atoms. The number of carbonyl (C=O) groups excluding carboxylic acids is 1. The van der Waals surface area contributed by atoms with E-state index in [2.05, 4.69) is 40.0 Å². The summed E-state index contributed by atoms with van der Waals surface area (Å²) in [6, 6.07) is 8.11. The number of likely N-dealkylation sites (tertiary alicyclic amines) is 1. The van der Waals surface area contributed by atoms with E-state index in [1.54, 1.807) is 0 Å². The van der Waals surface area contributed by atoms with Crippen molar-refractivity contribution < 1.29 is 4.79 Å². The first-order valence-corrected chi connectivity index (χ1v) is 7.63. The monoisotopic (exact) mass is 324 g/mol. The molecule has 1 unspecified atom stereocenters. The van der Waals surface area contributed by atoms with E-state index in [0.717, 1.165) is 24.1 Å². The van der Waals surface area contributed by atoms with E-state index in [9.17, 15) is 4.79 Å². The molecule has 19 heavy (non-hydrogen) atoms. The second kappa shape index (κ2) is 6.53. The predicted octanol–water partition coefficient (Wildman–Crippen LogP) is 2.91. The molecule has 0 saturated carbocycles. The van der Waals surface area contributed by atoms with Gasteiger partial charge in [0.2, 0.25) is 0 Å². The lowest BCUT2D eigenvalue weighted by atomic mass is 10.1. The molecule has 1 aromatic carbocycles. The number of nitrogens with zero attached hydrogens (tertiary/aromatic N) is 1. The summed E-state index contributed by atoms with van der Waals surface area (Å²) in [6.45, 7) is 7.46. The van der Waals surface area contributed by atoms with Gasteiger partial charge in [0.1, 0.15) is 0 Å². The number of rotatable bonds is 4. The van der Waals surface area contributed by atoms with Gasteiger partial charge in [-0.3, -0.25) is 4.79 Å². The number of halogens is 1. The van der Waals surface area contributed by atoms with E-state index in [1.807, 2.05) is 24.3 Å². The average Bonchev–Trinajstić information content (AvgIpc) is 2.85. The summed E-state index contributed by atoms with van der Waals surface area (Å²) in [5.74, 6) is 0.600. The summed E-state index contributed by atoms with van der Waals surface area (Å²) in [4.78, 5) is 14.5. The van der Waals surface area contributed by atoms with Gasteiger partial charge in [0.25, 0.3) is 5.91 Å². The molecule has 0 spiro atoms. The summed E-state index contributed by atoms with van der Waals surface area (Å²) in [6.07, 6.45) is 1.18. The van der Waals surface area contributed by atoms with Gasteiger partial charge in [-0.2, -0.15) is 0 Å². The predicted molar refractivity (Wildman–Crippen MR) is 81.3 cm³/mol. The van der Waals surface area contributed by atoms with Crippen LogP contribution in [0.25, 0.3) is 0 Å². The maximum absolute atomic E-state index is 12.0. The topological polar surface area (TPSA) is 32.3 Å². The summed E-state index contributed by atoms with van der Waals surface area (Å²) in [5.41, 5.74) is 0.716. The van der Waals surface area contributed by atoms with Crippen molar-refractivity contribution in [3.05, 3.63) is 34.3 Å². The molecule has 3 nitrogen and oxygen atoms in total. The summed E-state index contributed by atoms with van der Waals surface area (Å²) in [7, 11) is 0. The third kappa shape index (κ3) is 4.05. The van der Waals surface area contributed by atoms with Crippen LogP contribution in [0.4, 0.5) is 0 Å². The van der Waals surface area contributed by atoms with E-state index in [4.69, 9.17) is 0 Å². The molecular weight excluding hydrogens is 304 g/mol. The van der Waals surface area contributed by atoms with Gasteiger partial charge in [-0.1, -0.05) is 22.0 Å². The Morgan fingerprint density at radius 3 is 2.95 bits per heavy atom. The Labute approximate surface area is 123 Å². The zero-order valence-electron chi connectivity index (χ0n) is 11.5. The van der Waals surface area contributed by atoms with Crippen molar-refractivity contribution in [3.63, 3.8) is 0 Å². The minimum absolute atomic E-state index is 0.0179. The quantitative estimate of drug-likeness (QED) is 0.923. The van der Waals surface area contributed by atoms with Crippen LogP contribution < -0.4 is 5.32 Å².